The predicted molar refractivity (Wildman–Crippen MR) is 110 cm³/mol. The van der Waals surface area contributed by atoms with E-state index in [1.165, 1.54) is 18.3 Å². The van der Waals surface area contributed by atoms with Gasteiger partial charge in [0.05, 0.1) is 12.2 Å². The van der Waals surface area contributed by atoms with Gasteiger partial charge in [0.1, 0.15) is 5.69 Å². The van der Waals surface area contributed by atoms with Gasteiger partial charge in [0.25, 0.3) is 0 Å². The average Bonchev–Trinajstić information content (AvgIpc) is 2.94. The van der Waals surface area contributed by atoms with Gasteiger partial charge in [-0.1, -0.05) is 39.0 Å². The summed E-state index contributed by atoms with van der Waals surface area (Å²) in [5, 5.41) is 10.9. The Balaban J connectivity index is 1.91. The van der Waals surface area contributed by atoms with Gasteiger partial charge >= 0.3 is 6.16 Å². The Morgan fingerprint density at radius 2 is 2.00 bits per heavy atom. The smallest absolute Gasteiger partial charge is 0.494 e. The number of rotatable bonds is 4. The number of aryl methyl sites for hydroxylation is 1. The minimum Gasteiger partial charge on any atom is -0.494 e. The van der Waals surface area contributed by atoms with Gasteiger partial charge in [-0.2, -0.15) is 0 Å². The minimum atomic E-state index is -0.934. The molecule has 1 aromatic heterocycles. The van der Waals surface area contributed by atoms with Crippen LogP contribution in [-0.4, -0.2) is 29.1 Å². The van der Waals surface area contributed by atoms with E-state index in [1.54, 1.807) is 19.1 Å². The van der Waals surface area contributed by atoms with Gasteiger partial charge in [0.15, 0.2) is 17.4 Å². The molecule has 0 aliphatic carbocycles. The zero-order valence-corrected chi connectivity index (χ0v) is 16.7. The van der Waals surface area contributed by atoms with Crippen LogP contribution >= 0.6 is 0 Å². The molecule has 29 heavy (non-hydrogen) atoms. The van der Waals surface area contributed by atoms with Crippen LogP contribution in [0.4, 0.5) is 14.9 Å². The number of H-pyrrole nitrogens is 1. The topological polar surface area (TPSA) is 83.9 Å². The summed E-state index contributed by atoms with van der Waals surface area (Å²) in [6.45, 7) is 7.57. The standard InChI is InChI=1S/C22H23FN2O4/c1-13-9-16(23)19(18(10-13)29-21(27)28-12-22(2,3)4)24-11-15-14-7-5-6-8-17(14)25-20(15)26/h5-11,25-26H,12H2,1-4H3. The predicted octanol–water partition coefficient (Wildman–Crippen LogP) is 5.63. The van der Waals surface area contributed by atoms with Crippen molar-refractivity contribution < 1.29 is 23.8 Å². The fourth-order valence-corrected chi connectivity index (χ4v) is 2.71. The van der Waals surface area contributed by atoms with E-state index in [0.717, 1.165) is 10.9 Å². The number of carbonyl (C=O) groups is 1. The Kier molecular flexibility index (Phi) is 5.59. The Bertz CT molecular complexity index is 1080. The number of carbonyl (C=O) groups excluding carboxylic acids is 1. The highest BCUT2D eigenvalue weighted by molar-refractivity contribution is 6.02. The normalized spacial score (nSPS) is 11.9. The molecule has 3 aromatic rings. The van der Waals surface area contributed by atoms with Gasteiger partial charge in [-0.15, -0.1) is 0 Å². The molecule has 0 saturated heterocycles. The molecule has 2 N–H and O–H groups in total. The first-order valence-electron chi connectivity index (χ1n) is 9.12. The number of aliphatic imine (C=N–C) groups is 1. The first kappa shape index (κ1) is 20.4. The number of fused-ring (bicyclic) bond motifs is 1. The molecule has 0 unspecified atom stereocenters. The highest BCUT2D eigenvalue weighted by atomic mass is 19.1. The molecule has 0 aliphatic heterocycles. The number of halogens is 1. The number of aromatic amines is 1. The molecule has 0 bridgehead atoms. The second-order valence-electron chi connectivity index (χ2n) is 7.99. The fourth-order valence-electron chi connectivity index (χ4n) is 2.71. The van der Waals surface area contributed by atoms with Crippen LogP contribution in [0.1, 0.15) is 31.9 Å². The summed E-state index contributed by atoms with van der Waals surface area (Å²) in [6, 6.07) is 10.0. The zero-order chi connectivity index (χ0) is 21.2. The van der Waals surface area contributed by atoms with Crippen LogP contribution in [-0.2, 0) is 4.74 Å². The molecule has 0 fully saturated rings. The number of aromatic hydroxyl groups is 1. The third-order valence-electron chi connectivity index (χ3n) is 4.04. The average molecular weight is 398 g/mol. The molecule has 3 rings (SSSR count). The number of nitrogens with one attached hydrogen (secondary N) is 1. The van der Waals surface area contributed by atoms with Crippen LogP contribution in [0.15, 0.2) is 41.4 Å². The third kappa shape index (κ3) is 4.93. The van der Waals surface area contributed by atoms with E-state index in [4.69, 9.17) is 9.47 Å². The Morgan fingerprint density at radius 3 is 2.72 bits per heavy atom. The van der Waals surface area contributed by atoms with Crippen LogP contribution in [0.5, 0.6) is 11.6 Å². The maximum Gasteiger partial charge on any atom is 0.513 e. The lowest BCUT2D eigenvalue weighted by Crippen LogP contribution is -2.20. The van der Waals surface area contributed by atoms with Crippen LogP contribution in [0.3, 0.4) is 0 Å². The molecule has 0 saturated carbocycles. The SMILES string of the molecule is Cc1cc(F)c(N=Cc2c(O)[nH]c3ccccc23)c(OC(=O)OCC(C)(C)C)c1. The maximum atomic E-state index is 14.6. The molecule has 0 radical (unpaired) electrons. The summed E-state index contributed by atoms with van der Waals surface area (Å²) in [4.78, 5) is 19.0. The van der Waals surface area contributed by atoms with E-state index in [-0.39, 0.29) is 29.3 Å². The van der Waals surface area contributed by atoms with Gasteiger partial charge in [0.2, 0.25) is 0 Å². The molecule has 0 aliphatic rings. The molecule has 0 amide bonds. The molecular weight excluding hydrogens is 375 g/mol. The summed E-state index contributed by atoms with van der Waals surface area (Å²) in [7, 11) is 0. The Hall–Kier alpha value is -3.35. The molecular formula is C22H23FN2O4. The van der Waals surface area contributed by atoms with Crippen molar-refractivity contribution in [2.24, 2.45) is 10.4 Å². The quantitative estimate of drug-likeness (QED) is 0.339. The summed E-state index contributed by atoms with van der Waals surface area (Å²) in [5.74, 6) is -0.800. The Labute approximate surface area is 168 Å². The van der Waals surface area contributed by atoms with E-state index in [1.807, 2.05) is 32.9 Å². The monoisotopic (exact) mass is 398 g/mol. The molecule has 7 heteroatoms. The van der Waals surface area contributed by atoms with Gasteiger partial charge < -0.3 is 19.6 Å². The van der Waals surface area contributed by atoms with Crippen molar-refractivity contribution in [2.75, 3.05) is 6.61 Å². The summed E-state index contributed by atoms with van der Waals surface area (Å²) in [6.07, 6.45) is 0.395. The van der Waals surface area contributed by atoms with E-state index in [0.29, 0.717) is 11.1 Å². The van der Waals surface area contributed by atoms with Crippen LogP contribution in [0.2, 0.25) is 0 Å². The lowest BCUT2D eigenvalue weighted by molar-refractivity contribution is 0.0685. The number of hydrogen-bond donors (Lipinski definition) is 2. The number of nitrogens with zero attached hydrogens (tertiary/aromatic N) is 1. The fraction of sp³-hybridized carbons (Fsp3) is 0.273. The number of hydrogen-bond acceptors (Lipinski definition) is 5. The van der Waals surface area contributed by atoms with E-state index < -0.39 is 12.0 Å². The van der Waals surface area contributed by atoms with Crippen molar-refractivity contribution in [3.8, 4) is 11.6 Å². The largest absolute Gasteiger partial charge is 0.513 e. The molecule has 152 valence electrons. The molecule has 0 atom stereocenters. The van der Waals surface area contributed by atoms with Crippen molar-refractivity contribution in [1.82, 2.24) is 4.98 Å². The van der Waals surface area contributed by atoms with E-state index in [2.05, 4.69) is 9.98 Å². The van der Waals surface area contributed by atoms with Crippen LogP contribution in [0, 0.1) is 18.2 Å². The number of benzene rings is 2. The molecule has 2 aromatic carbocycles. The second kappa shape index (κ2) is 7.95. The third-order valence-corrected chi connectivity index (χ3v) is 4.04. The number of ether oxygens (including phenoxy) is 2. The molecule has 1 heterocycles. The summed E-state index contributed by atoms with van der Waals surface area (Å²) < 4.78 is 24.9. The summed E-state index contributed by atoms with van der Waals surface area (Å²) in [5.41, 5.74) is 1.30. The molecule has 6 nitrogen and oxygen atoms in total. The van der Waals surface area contributed by atoms with Crippen molar-refractivity contribution in [3.63, 3.8) is 0 Å². The van der Waals surface area contributed by atoms with Crippen molar-refractivity contribution in [3.05, 3.63) is 53.3 Å². The summed E-state index contributed by atoms with van der Waals surface area (Å²) >= 11 is 0. The van der Waals surface area contributed by atoms with E-state index >= 15 is 0 Å². The van der Waals surface area contributed by atoms with Gasteiger partial charge in [-0.3, -0.25) is 0 Å². The van der Waals surface area contributed by atoms with Gasteiger partial charge in [0, 0.05) is 17.1 Å². The minimum absolute atomic E-state index is 0.0583. The lowest BCUT2D eigenvalue weighted by Gasteiger charge is -2.17. The molecule has 0 spiro atoms. The van der Waals surface area contributed by atoms with Crippen LogP contribution < -0.4 is 4.74 Å². The Morgan fingerprint density at radius 1 is 1.28 bits per heavy atom. The van der Waals surface area contributed by atoms with Crippen molar-refractivity contribution in [2.45, 2.75) is 27.7 Å². The van der Waals surface area contributed by atoms with E-state index in [9.17, 15) is 14.3 Å². The van der Waals surface area contributed by atoms with Crippen molar-refractivity contribution >= 4 is 29.0 Å². The first-order chi connectivity index (χ1) is 13.6. The highest BCUT2D eigenvalue weighted by Crippen LogP contribution is 2.34. The van der Waals surface area contributed by atoms with Gasteiger partial charge in [-0.05, 0) is 36.1 Å². The van der Waals surface area contributed by atoms with Gasteiger partial charge in [-0.25, -0.2) is 14.2 Å². The number of aromatic nitrogens is 1. The second-order valence-corrected chi connectivity index (χ2v) is 7.99. The zero-order valence-electron chi connectivity index (χ0n) is 16.7. The van der Waals surface area contributed by atoms with Crippen molar-refractivity contribution in [1.29, 1.82) is 0 Å². The van der Waals surface area contributed by atoms with Crippen LogP contribution in [0.25, 0.3) is 10.9 Å². The lowest BCUT2D eigenvalue weighted by atomic mass is 9.99. The number of para-hydroxylation sites is 1. The highest BCUT2D eigenvalue weighted by Gasteiger charge is 2.18. The maximum absolute atomic E-state index is 14.6. The first-order valence-corrected chi connectivity index (χ1v) is 9.12.